The molecule has 0 aromatic carbocycles. The normalized spacial score (nSPS) is 10.1. The van der Waals surface area contributed by atoms with Gasteiger partial charge in [-0.05, 0) is 19.1 Å². The van der Waals surface area contributed by atoms with Crippen LogP contribution in [0.25, 0.3) is 0 Å². The molecule has 0 saturated heterocycles. The molecule has 0 aliphatic rings. The van der Waals surface area contributed by atoms with Crippen molar-refractivity contribution in [2.45, 2.75) is 6.92 Å². The number of nitrogens with zero attached hydrogens (tertiary/aromatic N) is 3. The van der Waals surface area contributed by atoms with Crippen LogP contribution in [0.2, 0.25) is 5.15 Å². The Morgan fingerprint density at radius 3 is 2.78 bits per heavy atom. The average Bonchev–Trinajstić information content (AvgIpc) is 2.28. The van der Waals surface area contributed by atoms with Crippen LogP contribution in [-0.2, 0) is 0 Å². The summed E-state index contributed by atoms with van der Waals surface area (Å²) in [6.45, 7) is 1.72. The molecule has 2 aromatic heterocycles. The Labute approximate surface area is 106 Å². The van der Waals surface area contributed by atoms with Gasteiger partial charge in [-0.2, -0.15) is 5.10 Å². The van der Waals surface area contributed by atoms with Crippen LogP contribution in [0.15, 0.2) is 23.0 Å². The molecule has 0 radical (unpaired) electrons. The lowest BCUT2D eigenvalue weighted by Gasteiger charge is -2.03. The van der Waals surface area contributed by atoms with E-state index >= 15 is 0 Å². The summed E-state index contributed by atoms with van der Waals surface area (Å²) in [5.74, 6) is -0.453. The molecule has 0 bridgehead atoms. The maximum atomic E-state index is 11.7. The number of carbonyl (C=O) groups is 1. The molecule has 0 aliphatic heterocycles. The first-order valence-corrected chi connectivity index (χ1v) is 5.30. The number of anilines is 1. The number of hydrogen-bond donors (Lipinski definition) is 2. The summed E-state index contributed by atoms with van der Waals surface area (Å²) in [6.07, 6.45) is 0. The Bertz CT molecular complexity index is 614. The Morgan fingerprint density at radius 1 is 1.39 bits per heavy atom. The van der Waals surface area contributed by atoms with E-state index in [0.717, 1.165) is 0 Å². The van der Waals surface area contributed by atoms with Crippen LogP contribution in [0.4, 0.5) is 5.95 Å². The minimum atomic E-state index is -0.534. The molecule has 0 atom stereocenters. The van der Waals surface area contributed by atoms with Crippen molar-refractivity contribution in [1.29, 1.82) is 0 Å². The van der Waals surface area contributed by atoms with E-state index in [2.05, 4.69) is 25.5 Å². The fourth-order valence-corrected chi connectivity index (χ4v) is 1.46. The first-order valence-electron chi connectivity index (χ1n) is 4.93. The average molecular weight is 266 g/mol. The first kappa shape index (κ1) is 12.2. The van der Waals surface area contributed by atoms with Crippen molar-refractivity contribution < 1.29 is 4.79 Å². The zero-order valence-corrected chi connectivity index (χ0v) is 10.0. The van der Waals surface area contributed by atoms with Crippen molar-refractivity contribution in [3.63, 3.8) is 0 Å². The summed E-state index contributed by atoms with van der Waals surface area (Å²) < 4.78 is 0. The van der Waals surface area contributed by atoms with Crippen molar-refractivity contribution in [3.8, 4) is 0 Å². The van der Waals surface area contributed by atoms with E-state index < -0.39 is 5.91 Å². The molecule has 2 rings (SSSR count). The summed E-state index contributed by atoms with van der Waals surface area (Å²) in [5.41, 5.74) is 0.289. The Balaban J connectivity index is 2.21. The standard InChI is InChI=1S/C10H8ClN5O2/c1-5-4-7(11)13-10(12-5)14-9(18)6-2-3-8(17)16-15-6/h2-4H,1H3,(H,16,17)(H,12,13,14,18). The fraction of sp³-hybridized carbons (Fsp3) is 0.100. The zero-order chi connectivity index (χ0) is 13.1. The molecule has 0 spiro atoms. The highest BCUT2D eigenvalue weighted by molar-refractivity contribution is 6.29. The molecule has 2 aromatic rings. The fourth-order valence-electron chi connectivity index (χ4n) is 1.22. The van der Waals surface area contributed by atoms with E-state index in [9.17, 15) is 9.59 Å². The third-order valence-corrected chi connectivity index (χ3v) is 2.15. The van der Waals surface area contributed by atoms with Gasteiger partial charge in [0.1, 0.15) is 10.8 Å². The van der Waals surface area contributed by atoms with Crippen LogP contribution < -0.4 is 10.9 Å². The molecule has 7 nitrogen and oxygen atoms in total. The van der Waals surface area contributed by atoms with Gasteiger partial charge in [0, 0.05) is 11.8 Å². The first-order chi connectivity index (χ1) is 8.54. The predicted octanol–water partition coefficient (Wildman–Crippen LogP) is 0.774. The largest absolute Gasteiger partial charge is 0.289 e. The van der Waals surface area contributed by atoms with Gasteiger partial charge < -0.3 is 0 Å². The lowest BCUT2D eigenvalue weighted by molar-refractivity contribution is 0.102. The minimum absolute atomic E-state index is 0.0517. The summed E-state index contributed by atoms with van der Waals surface area (Å²) >= 11 is 5.73. The number of rotatable bonds is 2. The van der Waals surface area contributed by atoms with E-state index in [1.165, 1.54) is 12.1 Å². The third kappa shape index (κ3) is 2.89. The predicted molar refractivity (Wildman–Crippen MR) is 64.6 cm³/mol. The number of amides is 1. The number of aromatic nitrogens is 4. The van der Waals surface area contributed by atoms with Gasteiger partial charge in [0.2, 0.25) is 5.95 Å². The molecule has 0 fully saturated rings. The quantitative estimate of drug-likeness (QED) is 0.781. The van der Waals surface area contributed by atoms with Crippen molar-refractivity contribution in [1.82, 2.24) is 20.2 Å². The number of nitrogens with one attached hydrogen (secondary N) is 2. The zero-order valence-electron chi connectivity index (χ0n) is 9.27. The molecule has 92 valence electrons. The Hall–Kier alpha value is -2.28. The van der Waals surface area contributed by atoms with E-state index in [4.69, 9.17) is 11.6 Å². The van der Waals surface area contributed by atoms with Gasteiger partial charge in [-0.15, -0.1) is 0 Å². The van der Waals surface area contributed by atoms with E-state index in [-0.39, 0.29) is 22.4 Å². The highest BCUT2D eigenvalue weighted by Crippen LogP contribution is 2.10. The van der Waals surface area contributed by atoms with Crippen molar-refractivity contribution in [3.05, 3.63) is 45.1 Å². The molecular weight excluding hydrogens is 258 g/mol. The monoisotopic (exact) mass is 265 g/mol. The molecule has 18 heavy (non-hydrogen) atoms. The summed E-state index contributed by atoms with van der Waals surface area (Å²) in [7, 11) is 0. The minimum Gasteiger partial charge on any atom is -0.289 e. The van der Waals surface area contributed by atoms with Gasteiger partial charge in [0.25, 0.3) is 11.5 Å². The van der Waals surface area contributed by atoms with Gasteiger partial charge in [0.05, 0.1) is 0 Å². The van der Waals surface area contributed by atoms with Gasteiger partial charge >= 0.3 is 0 Å². The molecule has 2 heterocycles. The lowest BCUT2D eigenvalue weighted by atomic mass is 10.4. The second-order valence-corrected chi connectivity index (χ2v) is 3.80. The second kappa shape index (κ2) is 4.92. The molecule has 0 saturated carbocycles. The summed E-state index contributed by atoms with van der Waals surface area (Å²) in [5, 5.41) is 8.40. The number of halogens is 1. The van der Waals surface area contributed by atoms with Crippen LogP contribution in [0.1, 0.15) is 16.2 Å². The van der Waals surface area contributed by atoms with Crippen molar-refractivity contribution >= 4 is 23.5 Å². The van der Waals surface area contributed by atoms with E-state index in [0.29, 0.717) is 5.69 Å². The Kier molecular flexibility index (Phi) is 3.33. The maximum Gasteiger partial charge on any atom is 0.278 e. The Morgan fingerprint density at radius 2 is 2.17 bits per heavy atom. The van der Waals surface area contributed by atoms with Crippen LogP contribution in [-0.4, -0.2) is 26.1 Å². The topological polar surface area (TPSA) is 101 Å². The van der Waals surface area contributed by atoms with Crippen LogP contribution in [0.3, 0.4) is 0 Å². The van der Waals surface area contributed by atoms with Gasteiger partial charge in [-0.1, -0.05) is 11.6 Å². The molecule has 0 unspecified atom stereocenters. The van der Waals surface area contributed by atoms with Crippen LogP contribution in [0, 0.1) is 6.92 Å². The molecular formula is C10H8ClN5O2. The smallest absolute Gasteiger partial charge is 0.278 e. The van der Waals surface area contributed by atoms with Crippen molar-refractivity contribution in [2.75, 3.05) is 5.32 Å². The summed E-state index contributed by atoms with van der Waals surface area (Å²) in [6, 6.07) is 4.06. The molecule has 8 heteroatoms. The lowest BCUT2D eigenvalue weighted by Crippen LogP contribution is -2.19. The highest BCUT2D eigenvalue weighted by atomic mass is 35.5. The maximum absolute atomic E-state index is 11.7. The molecule has 0 aliphatic carbocycles. The van der Waals surface area contributed by atoms with Crippen molar-refractivity contribution in [2.24, 2.45) is 0 Å². The number of aromatic amines is 1. The SMILES string of the molecule is Cc1cc(Cl)nc(NC(=O)c2ccc(=O)[nH]n2)n1. The van der Waals surface area contributed by atoms with Crippen LogP contribution in [0.5, 0.6) is 0 Å². The summed E-state index contributed by atoms with van der Waals surface area (Å²) in [4.78, 5) is 30.4. The van der Waals surface area contributed by atoms with Crippen LogP contribution >= 0.6 is 11.6 Å². The number of hydrogen-bond acceptors (Lipinski definition) is 5. The number of H-pyrrole nitrogens is 1. The molecule has 2 N–H and O–H groups in total. The van der Waals surface area contributed by atoms with E-state index in [1.807, 2.05) is 0 Å². The molecule has 1 amide bonds. The number of carbonyl (C=O) groups excluding carboxylic acids is 1. The highest BCUT2D eigenvalue weighted by Gasteiger charge is 2.10. The van der Waals surface area contributed by atoms with Gasteiger partial charge in [-0.3, -0.25) is 14.9 Å². The second-order valence-electron chi connectivity index (χ2n) is 3.42. The van der Waals surface area contributed by atoms with E-state index in [1.54, 1.807) is 13.0 Å². The number of aryl methyl sites for hydroxylation is 1. The van der Waals surface area contributed by atoms with Gasteiger partial charge in [-0.25, -0.2) is 15.1 Å². The third-order valence-electron chi connectivity index (χ3n) is 1.96. The van der Waals surface area contributed by atoms with Gasteiger partial charge in [0.15, 0.2) is 0 Å².